The lowest BCUT2D eigenvalue weighted by Gasteiger charge is -2.61. The number of methoxy groups -OCH3 is 1. The molecule has 4 saturated carbocycles. The third-order valence-corrected chi connectivity index (χ3v) is 16.7. The predicted octanol–water partition coefficient (Wildman–Crippen LogP) is 9.19. The molecule has 0 aromatic carbocycles. The molecule has 0 amide bonds. The van der Waals surface area contributed by atoms with Gasteiger partial charge in [0.1, 0.15) is 18.3 Å². The topological polar surface area (TPSA) is 81.7 Å². The molecule has 290 valence electrons. The zero-order valence-electron chi connectivity index (χ0n) is 34.5. The molecule has 5 aliphatic rings. The minimum Gasteiger partial charge on any atom is -0.467 e. The van der Waals surface area contributed by atoms with E-state index in [-0.39, 0.29) is 6.10 Å². The number of esters is 1. The van der Waals surface area contributed by atoms with E-state index in [0.29, 0.717) is 22.9 Å². The van der Waals surface area contributed by atoms with Gasteiger partial charge in [0, 0.05) is 0 Å². The second kappa shape index (κ2) is 14.6. The lowest BCUT2D eigenvalue weighted by Crippen LogP contribution is -2.67. The maximum atomic E-state index is 13.4. The van der Waals surface area contributed by atoms with Gasteiger partial charge >= 0.3 is 5.97 Å². The molecule has 0 N–H and O–H groups in total. The Bertz CT molecular complexity index is 1190. The summed E-state index contributed by atoms with van der Waals surface area (Å²) in [5.74, 6) is 2.55. The van der Waals surface area contributed by atoms with Crippen LogP contribution in [-0.4, -0.2) is 89.3 Å². The molecule has 0 aromatic heterocycles. The van der Waals surface area contributed by atoms with Crippen LogP contribution in [0.5, 0.6) is 0 Å². The SMILES string of the molecule is COC(=O)C1OC(OC2CCC3(C)C(CCC4C3CCC3(C)C(O[Si](C)(C)C)CCC43)C2)C(O[Si](C)(C)C)C(O[Si](C)(C)C)C1O[Si](C)(C)C. The Morgan fingerprint density at radius 2 is 1.16 bits per heavy atom. The minimum absolute atomic E-state index is 0.0394. The highest BCUT2D eigenvalue weighted by Gasteiger charge is 2.62. The molecule has 50 heavy (non-hydrogen) atoms. The molecule has 5 rings (SSSR count). The normalized spacial score (nSPS) is 42.7. The van der Waals surface area contributed by atoms with Crippen molar-refractivity contribution in [3.8, 4) is 0 Å². The molecule has 13 atom stereocenters. The molecular weight excluding hydrogens is 697 g/mol. The van der Waals surface area contributed by atoms with Crippen molar-refractivity contribution in [3.05, 3.63) is 0 Å². The van der Waals surface area contributed by atoms with Gasteiger partial charge in [-0.1, -0.05) is 13.8 Å². The highest BCUT2D eigenvalue weighted by molar-refractivity contribution is 6.71. The van der Waals surface area contributed by atoms with Crippen LogP contribution in [0.3, 0.4) is 0 Å². The lowest BCUT2D eigenvalue weighted by molar-refractivity contribution is -0.302. The Balaban J connectivity index is 1.36. The van der Waals surface area contributed by atoms with E-state index in [4.69, 9.17) is 31.9 Å². The third kappa shape index (κ3) is 9.13. The summed E-state index contributed by atoms with van der Waals surface area (Å²) < 4.78 is 46.5. The second-order valence-electron chi connectivity index (χ2n) is 21.1. The van der Waals surface area contributed by atoms with E-state index in [1.807, 2.05) is 0 Å². The monoisotopic (exact) mass is 770 g/mol. The van der Waals surface area contributed by atoms with Crippen molar-refractivity contribution in [1.82, 2.24) is 0 Å². The van der Waals surface area contributed by atoms with Gasteiger partial charge in [0.05, 0.1) is 19.3 Å². The zero-order chi connectivity index (χ0) is 37.2. The summed E-state index contributed by atoms with van der Waals surface area (Å²) in [6.07, 6.45) is 8.17. The van der Waals surface area contributed by atoms with E-state index in [9.17, 15) is 4.79 Å². The first-order chi connectivity index (χ1) is 22.8. The van der Waals surface area contributed by atoms with E-state index in [0.717, 1.165) is 30.6 Å². The summed E-state index contributed by atoms with van der Waals surface area (Å²) in [7, 11) is -6.51. The van der Waals surface area contributed by atoms with Crippen molar-refractivity contribution < 1.29 is 36.7 Å². The molecule has 4 aliphatic carbocycles. The number of hydrogen-bond donors (Lipinski definition) is 0. The van der Waals surface area contributed by atoms with Crippen molar-refractivity contribution in [3.63, 3.8) is 0 Å². The van der Waals surface area contributed by atoms with Gasteiger partial charge in [-0.2, -0.15) is 0 Å². The summed E-state index contributed by atoms with van der Waals surface area (Å²) in [4.78, 5) is 13.4. The Morgan fingerprint density at radius 1 is 0.620 bits per heavy atom. The molecule has 13 unspecified atom stereocenters. The fourth-order valence-corrected chi connectivity index (χ4v) is 15.4. The van der Waals surface area contributed by atoms with E-state index >= 15 is 0 Å². The maximum absolute atomic E-state index is 13.4. The summed E-state index contributed by atoms with van der Waals surface area (Å²) >= 11 is 0. The van der Waals surface area contributed by atoms with Gasteiger partial charge in [-0.05, 0) is 171 Å². The van der Waals surface area contributed by atoms with Crippen molar-refractivity contribution in [2.45, 2.75) is 193 Å². The van der Waals surface area contributed by atoms with Crippen LogP contribution in [0.1, 0.15) is 71.6 Å². The highest BCUT2D eigenvalue weighted by Crippen LogP contribution is 2.67. The van der Waals surface area contributed by atoms with Crippen LogP contribution in [0.15, 0.2) is 0 Å². The fourth-order valence-electron chi connectivity index (χ4n) is 10.9. The average molecular weight is 771 g/mol. The van der Waals surface area contributed by atoms with Crippen LogP contribution in [-0.2, 0) is 36.7 Å². The number of rotatable bonds is 11. The standard InChI is InChI=1S/C38H74O8Si4/c1-37-22-20-26(24-25(37)16-17-27-28-18-19-30(43-47(4,5)6)38(28,2)23-21-29(27)37)41-36-34(46-50(13,14)15)32(45-49(10,11)12)31(44-48(7,8)9)33(42-36)35(39)40-3/h25-34,36H,16-24H2,1-15H3. The molecule has 5 fully saturated rings. The Hall–Kier alpha value is 0.0975. The molecule has 0 aromatic rings. The average Bonchev–Trinajstić information content (AvgIpc) is 3.28. The van der Waals surface area contributed by atoms with E-state index in [2.05, 4.69) is 92.4 Å². The molecule has 0 spiro atoms. The van der Waals surface area contributed by atoms with Crippen LogP contribution in [0.2, 0.25) is 78.6 Å². The Kier molecular flexibility index (Phi) is 12.1. The number of fused-ring (bicyclic) bond motifs is 5. The third-order valence-electron chi connectivity index (χ3n) is 12.8. The van der Waals surface area contributed by atoms with Gasteiger partial charge < -0.3 is 31.9 Å². The fraction of sp³-hybridized carbons (Fsp3) is 0.974. The zero-order valence-corrected chi connectivity index (χ0v) is 38.5. The number of hydrogen-bond acceptors (Lipinski definition) is 8. The largest absolute Gasteiger partial charge is 0.467 e. The van der Waals surface area contributed by atoms with E-state index in [1.54, 1.807) is 0 Å². The van der Waals surface area contributed by atoms with Gasteiger partial charge in [0.2, 0.25) is 0 Å². The molecule has 12 heteroatoms. The van der Waals surface area contributed by atoms with Crippen LogP contribution < -0.4 is 0 Å². The molecule has 0 radical (unpaired) electrons. The van der Waals surface area contributed by atoms with Gasteiger partial charge in [-0.25, -0.2) is 4.79 Å². The van der Waals surface area contributed by atoms with Gasteiger partial charge in [-0.15, -0.1) is 0 Å². The van der Waals surface area contributed by atoms with Crippen molar-refractivity contribution in [1.29, 1.82) is 0 Å². The van der Waals surface area contributed by atoms with Crippen LogP contribution in [0.25, 0.3) is 0 Å². The smallest absolute Gasteiger partial charge is 0.337 e. The summed E-state index contributed by atoms with van der Waals surface area (Å²) in [6, 6.07) is 0. The van der Waals surface area contributed by atoms with E-state index in [1.165, 1.54) is 52.1 Å². The minimum atomic E-state index is -2.13. The van der Waals surface area contributed by atoms with Crippen molar-refractivity contribution in [2.75, 3.05) is 7.11 Å². The molecule has 0 bridgehead atoms. The second-order valence-corrected chi connectivity index (χ2v) is 38.9. The summed E-state index contributed by atoms with van der Waals surface area (Å²) in [5.41, 5.74) is 0.661. The van der Waals surface area contributed by atoms with Crippen LogP contribution in [0.4, 0.5) is 0 Å². The highest BCUT2D eigenvalue weighted by atomic mass is 28.4. The molecule has 1 saturated heterocycles. The first-order valence-electron chi connectivity index (χ1n) is 19.9. The Morgan fingerprint density at radius 3 is 1.74 bits per heavy atom. The predicted molar refractivity (Wildman–Crippen MR) is 210 cm³/mol. The lowest BCUT2D eigenvalue weighted by atomic mass is 9.45. The molecule has 8 nitrogen and oxygen atoms in total. The van der Waals surface area contributed by atoms with E-state index < -0.39 is 69.9 Å². The van der Waals surface area contributed by atoms with Gasteiger partial charge in [0.25, 0.3) is 0 Å². The van der Waals surface area contributed by atoms with Crippen LogP contribution in [0, 0.1) is 34.5 Å². The molecule has 1 heterocycles. The molecule has 1 aliphatic heterocycles. The van der Waals surface area contributed by atoms with Gasteiger partial charge in [0.15, 0.2) is 45.7 Å². The first-order valence-corrected chi connectivity index (χ1v) is 33.6. The quantitative estimate of drug-likeness (QED) is 0.117. The Labute approximate surface area is 309 Å². The summed E-state index contributed by atoms with van der Waals surface area (Å²) in [5, 5.41) is 0. The number of ether oxygens (including phenoxy) is 3. The molecular formula is C38H74O8Si4. The number of carbonyl (C=O) groups is 1. The van der Waals surface area contributed by atoms with Crippen LogP contribution >= 0.6 is 0 Å². The van der Waals surface area contributed by atoms with Crippen molar-refractivity contribution >= 4 is 39.2 Å². The van der Waals surface area contributed by atoms with Gasteiger partial charge in [-0.3, -0.25) is 0 Å². The van der Waals surface area contributed by atoms with Crippen molar-refractivity contribution in [2.24, 2.45) is 34.5 Å². The maximum Gasteiger partial charge on any atom is 0.337 e. The first kappa shape index (κ1) is 41.3. The summed E-state index contributed by atoms with van der Waals surface area (Å²) in [6.45, 7) is 31.8. The number of carbonyl (C=O) groups excluding carboxylic acids is 1.